The van der Waals surface area contributed by atoms with Gasteiger partial charge in [0.15, 0.2) is 0 Å². The number of halogens is 4. The minimum absolute atomic E-state index is 0.0213. The number of benzene rings is 2. The molecule has 2 N–H and O–H groups in total. The maximum Gasteiger partial charge on any atom is 0.396 e. The van der Waals surface area contributed by atoms with Crippen LogP contribution >= 0.6 is 0 Å². The van der Waals surface area contributed by atoms with E-state index < -0.39 is 35.3 Å². The molecule has 10 heteroatoms. The number of alkyl halides is 3. The highest BCUT2D eigenvalue weighted by atomic mass is 19.4. The molecule has 1 unspecified atom stereocenters. The number of nitriles is 1. The van der Waals surface area contributed by atoms with Gasteiger partial charge in [-0.25, -0.2) is 4.39 Å². The van der Waals surface area contributed by atoms with Crippen LogP contribution in [-0.4, -0.2) is 29.3 Å². The molecule has 2 aromatic carbocycles. The quantitative estimate of drug-likeness (QED) is 0.488. The van der Waals surface area contributed by atoms with Gasteiger partial charge in [0.1, 0.15) is 28.9 Å². The van der Waals surface area contributed by atoms with E-state index in [4.69, 9.17) is 4.74 Å². The molecular formula is C24H19F4N3O3. The third kappa shape index (κ3) is 5.26. The van der Waals surface area contributed by atoms with Crippen LogP contribution in [0.5, 0.6) is 11.5 Å². The van der Waals surface area contributed by atoms with Crippen LogP contribution < -0.4 is 10.1 Å². The van der Waals surface area contributed by atoms with Crippen molar-refractivity contribution in [1.82, 2.24) is 10.3 Å². The summed E-state index contributed by atoms with van der Waals surface area (Å²) in [6.07, 6.45) is -4.57. The van der Waals surface area contributed by atoms with Crippen LogP contribution in [0.15, 0.2) is 48.5 Å². The van der Waals surface area contributed by atoms with Gasteiger partial charge in [0.05, 0.1) is 30.0 Å². The fourth-order valence-corrected chi connectivity index (χ4v) is 3.18. The molecule has 3 aromatic rings. The van der Waals surface area contributed by atoms with Gasteiger partial charge in [0, 0.05) is 18.2 Å². The highest BCUT2D eigenvalue weighted by Crippen LogP contribution is 2.37. The summed E-state index contributed by atoms with van der Waals surface area (Å²) >= 11 is 0. The molecule has 0 aliphatic carbocycles. The monoisotopic (exact) mass is 473 g/mol. The van der Waals surface area contributed by atoms with E-state index in [2.05, 4.69) is 10.3 Å². The fraction of sp³-hybridized carbons (Fsp3) is 0.208. The number of pyridine rings is 1. The molecule has 0 saturated carbocycles. The van der Waals surface area contributed by atoms with Gasteiger partial charge in [-0.05, 0) is 30.7 Å². The Bertz CT molecular complexity index is 1250. The first kappa shape index (κ1) is 24.5. The van der Waals surface area contributed by atoms with E-state index in [9.17, 15) is 32.7 Å². The second-order valence-corrected chi connectivity index (χ2v) is 7.39. The molecule has 0 saturated heterocycles. The number of ether oxygens (including phenoxy) is 1. The number of methoxy groups -OCH3 is 1. The van der Waals surface area contributed by atoms with E-state index in [1.807, 2.05) is 0 Å². The van der Waals surface area contributed by atoms with Gasteiger partial charge in [-0.15, -0.1) is 0 Å². The van der Waals surface area contributed by atoms with Gasteiger partial charge in [-0.3, -0.25) is 9.78 Å². The Hall–Kier alpha value is -4.13. The van der Waals surface area contributed by atoms with Crippen LogP contribution in [0.1, 0.15) is 40.0 Å². The summed E-state index contributed by atoms with van der Waals surface area (Å²) in [5.41, 5.74) is 0.193. The summed E-state index contributed by atoms with van der Waals surface area (Å²) in [6.45, 7) is 0.977. The molecule has 176 valence electrons. The molecule has 0 radical (unpaired) electrons. The Morgan fingerprint density at radius 3 is 2.47 bits per heavy atom. The lowest BCUT2D eigenvalue weighted by atomic mass is 10.00. The van der Waals surface area contributed by atoms with E-state index >= 15 is 0 Å². The van der Waals surface area contributed by atoms with Gasteiger partial charge < -0.3 is 15.2 Å². The summed E-state index contributed by atoms with van der Waals surface area (Å²) < 4.78 is 58.0. The summed E-state index contributed by atoms with van der Waals surface area (Å²) in [5, 5.41) is 22.1. The van der Waals surface area contributed by atoms with Crippen molar-refractivity contribution in [2.45, 2.75) is 25.6 Å². The van der Waals surface area contributed by atoms with Crippen molar-refractivity contribution in [3.8, 4) is 28.8 Å². The maximum atomic E-state index is 13.5. The first-order chi connectivity index (χ1) is 16.0. The average Bonchev–Trinajstić information content (AvgIpc) is 2.81. The Morgan fingerprint density at radius 2 is 1.88 bits per heavy atom. The van der Waals surface area contributed by atoms with E-state index in [0.717, 1.165) is 19.1 Å². The Labute approximate surface area is 192 Å². The van der Waals surface area contributed by atoms with Gasteiger partial charge in [-0.1, -0.05) is 24.3 Å². The van der Waals surface area contributed by atoms with Crippen LogP contribution in [0.4, 0.5) is 17.6 Å². The van der Waals surface area contributed by atoms with E-state index in [0.29, 0.717) is 11.1 Å². The molecule has 1 amide bonds. The van der Waals surface area contributed by atoms with Crippen LogP contribution in [0.3, 0.4) is 0 Å². The normalized spacial score (nSPS) is 12.0. The Kier molecular flexibility index (Phi) is 7.05. The first-order valence-electron chi connectivity index (χ1n) is 9.97. The third-order valence-corrected chi connectivity index (χ3v) is 5.15. The minimum atomic E-state index is -4.57. The minimum Gasteiger partial charge on any atom is -0.506 e. The number of aromatic nitrogens is 1. The number of rotatable bonds is 6. The van der Waals surface area contributed by atoms with Gasteiger partial charge in [0.2, 0.25) is 0 Å². The zero-order valence-corrected chi connectivity index (χ0v) is 18.1. The SMILES string of the molecule is COc1ccc(F)cc1C(=O)NCc1ccc(-c2nc(C(C)C(F)(F)F)cc(O)c2C#N)cc1. The van der Waals surface area contributed by atoms with Crippen LogP contribution in [-0.2, 0) is 6.54 Å². The molecule has 1 atom stereocenters. The maximum absolute atomic E-state index is 13.5. The topological polar surface area (TPSA) is 95.2 Å². The molecule has 1 heterocycles. The van der Waals surface area contributed by atoms with Gasteiger partial charge >= 0.3 is 6.18 Å². The number of carbonyl (C=O) groups excluding carboxylic acids is 1. The molecule has 1 aromatic heterocycles. The van der Waals surface area contributed by atoms with E-state index in [-0.39, 0.29) is 29.1 Å². The van der Waals surface area contributed by atoms with Crippen molar-refractivity contribution >= 4 is 5.91 Å². The van der Waals surface area contributed by atoms with Gasteiger partial charge in [-0.2, -0.15) is 18.4 Å². The van der Waals surface area contributed by atoms with Crippen molar-refractivity contribution < 1.29 is 32.2 Å². The van der Waals surface area contributed by atoms with Crippen molar-refractivity contribution in [3.05, 3.63) is 76.7 Å². The standard InChI is InChI=1S/C24H19F4N3O3/c1-13(24(26,27)28)19-10-20(32)18(11-29)22(31-19)15-5-3-14(4-6-15)12-30-23(33)17-9-16(25)7-8-21(17)34-2/h3-10,13H,12H2,1-2H3,(H,30,33)(H,31,32). The molecule has 34 heavy (non-hydrogen) atoms. The summed E-state index contributed by atoms with van der Waals surface area (Å²) in [4.78, 5) is 16.4. The molecule has 0 fully saturated rings. The van der Waals surface area contributed by atoms with Crippen LogP contribution in [0.25, 0.3) is 11.3 Å². The number of hydrogen-bond acceptors (Lipinski definition) is 5. The summed E-state index contributed by atoms with van der Waals surface area (Å²) in [7, 11) is 1.36. The number of hydrogen-bond donors (Lipinski definition) is 2. The first-order valence-corrected chi connectivity index (χ1v) is 9.97. The molecular weight excluding hydrogens is 454 g/mol. The summed E-state index contributed by atoms with van der Waals surface area (Å²) in [6, 6.07) is 12.3. The second kappa shape index (κ2) is 9.79. The average molecular weight is 473 g/mol. The molecule has 0 bridgehead atoms. The smallest absolute Gasteiger partial charge is 0.396 e. The molecule has 0 aliphatic heterocycles. The molecule has 3 rings (SSSR count). The highest BCUT2D eigenvalue weighted by Gasteiger charge is 2.38. The van der Waals surface area contributed by atoms with Crippen LogP contribution in [0.2, 0.25) is 0 Å². The van der Waals surface area contributed by atoms with Crippen molar-refractivity contribution in [3.63, 3.8) is 0 Å². The predicted octanol–water partition coefficient (Wildman–Crippen LogP) is 5.07. The number of nitrogens with one attached hydrogen (secondary N) is 1. The van der Waals surface area contributed by atoms with Crippen molar-refractivity contribution in [1.29, 1.82) is 5.26 Å². The highest BCUT2D eigenvalue weighted by molar-refractivity contribution is 5.96. The predicted molar refractivity (Wildman–Crippen MR) is 115 cm³/mol. The van der Waals surface area contributed by atoms with Crippen molar-refractivity contribution in [2.75, 3.05) is 7.11 Å². The zero-order valence-electron chi connectivity index (χ0n) is 18.1. The largest absolute Gasteiger partial charge is 0.506 e. The van der Waals surface area contributed by atoms with Gasteiger partial charge in [0.25, 0.3) is 5.91 Å². The summed E-state index contributed by atoms with van der Waals surface area (Å²) in [5.74, 6) is -3.50. The van der Waals surface area contributed by atoms with Crippen molar-refractivity contribution in [2.24, 2.45) is 0 Å². The lowest BCUT2D eigenvalue weighted by Gasteiger charge is -2.17. The molecule has 6 nitrogen and oxygen atoms in total. The Balaban J connectivity index is 1.83. The number of amides is 1. The molecule has 0 aliphatic rings. The zero-order chi connectivity index (χ0) is 25.0. The van der Waals surface area contributed by atoms with E-state index in [1.165, 1.54) is 31.4 Å². The van der Waals surface area contributed by atoms with Crippen LogP contribution in [0, 0.1) is 17.1 Å². The Morgan fingerprint density at radius 1 is 1.21 bits per heavy atom. The third-order valence-electron chi connectivity index (χ3n) is 5.15. The lowest BCUT2D eigenvalue weighted by molar-refractivity contribution is -0.147. The fourth-order valence-electron chi connectivity index (χ4n) is 3.18. The number of carbonyl (C=O) groups is 1. The lowest BCUT2D eigenvalue weighted by Crippen LogP contribution is -2.23. The van der Waals surface area contributed by atoms with E-state index in [1.54, 1.807) is 18.2 Å². The molecule has 0 spiro atoms. The second-order valence-electron chi connectivity index (χ2n) is 7.39. The number of nitrogens with zero attached hydrogens (tertiary/aromatic N) is 2. The number of aromatic hydroxyl groups is 1.